The van der Waals surface area contributed by atoms with Crippen LogP contribution in [0.3, 0.4) is 0 Å². The molecule has 2 atom stereocenters. The van der Waals surface area contributed by atoms with Gasteiger partial charge in [-0.25, -0.2) is 0 Å². The average Bonchev–Trinajstić information content (AvgIpc) is 2.40. The maximum Gasteiger partial charge on any atom is 0.227 e. The van der Waals surface area contributed by atoms with E-state index in [0.717, 1.165) is 31.5 Å². The fourth-order valence-electron chi connectivity index (χ4n) is 2.19. The van der Waals surface area contributed by atoms with Crippen molar-refractivity contribution in [1.82, 2.24) is 10.6 Å². The Labute approximate surface area is 103 Å². The molecule has 0 aromatic heterocycles. The second-order valence-electron chi connectivity index (χ2n) is 4.68. The van der Waals surface area contributed by atoms with Crippen molar-refractivity contribution in [2.45, 2.75) is 31.7 Å². The summed E-state index contributed by atoms with van der Waals surface area (Å²) in [6.07, 6.45) is 2.23. The molecule has 2 N–H and O–H groups in total. The highest BCUT2D eigenvalue weighted by atomic mass is 16.1. The fourth-order valence-corrected chi connectivity index (χ4v) is 2.19. The molecule has 1 aromatic carbocycles. The number of hydrogen-bond acceptors (Lipinski definition) is 2. The van der Waals surface area contributed by atoms with Gasteiger partial charge in [-0.3, -0.25) is 4.79 Å². The lowest BCUT2D eigenvalue weighted by Gasteiger charge is -2.25. The highest BCUT2D eigenvalue weighted by Crippen LogP contribution is 2.15. The van der Waals surface area contributed by atoms with Gasteiger partial charge in [0.25, 0.3) is 0 Å². The van der Waals surface area contributed by atoms with Crippen molar-refractivity contribution in [2.24, 2.45) is 0 Å². The van der Waals surface area contributed by atoms with Gasteiger partial charge in [-0.1, -0.05) is 30.3 Å². The number of amides is 1. The highest BCUT2D eigenvalue weighted by Gasteiger charge is 2.20. The summed E-state index contributed by atoms with van der Waals surface area (Å²) in [6, 6.07) is 10.2. The predicted molar refractivity (Wildman–Crippen MR) is 68.9 cm³/mol. The van der Waals surface area contributed by atoms with Crippen LogP contribution in [0.4, 0.5) is 0 Å². The van der Waals surface area contributed by atoms with Crippen molar-refractivity contribution in [1.29, 1.82) is 0 Å². The third kappa shape index (κ3) is 3.30. The van der Waals surface area contributed by atoms with E-state index in [1.54, 1.807) is 0 Å². The Morgan fingerprint density at radius 2 is 2.18 bits per heavy atom. The van der Waals surface area contributed by atoms with E-state index in [0.29, 0.717) is 6.04 Å². The Morgan fingerprint density at radius 3 is 2.82 bits per heavy atom. The van der Waals surface area contributed by atoms with Gasteiger partial charge in [-0.15, -0.1) is 0 Å². The predicted octanol–water partition coefficient (Wildman–Crippen LogP) is 1.66. The van der Waals surface area contributed by atoms with Gasteiger partial charge in [0.15, 0.2) is 0 Å². The molecule has 1 aliphatic heterocycles. The topological polar surface area (TPSA) is 41.1 Å². The monoisotopic (exact) mass is 232 g/mol. The Hall–Kier alpha value is -1.35. The first-order chi connectivity index (χ1) is 8.27. The summed E-state index contributed by atoms with van der Waals surface area (Å²) in [5.41, 5.74) is 1.08. The summed E-state index contributed by atoms with van der Waals surface area (Å²) < 4.78 is 0. The van der Waals surface area contributed by atoms with Gasteiger partial charge in [0.05, 0.1) is 5.92 Å². The van der Waals surface area contributed by atoms with Crippen LogP contribution in [0, 0.1) is 0 Å². The molecular weight excluding hydrogens is 212 g/mol. The summed E-state index contributed by atoms with van der Waals surface area (Å²) in [4.78, 5) is 12.1. The second-order valence-corrected chi connectivity index (χ2v) is 4.68. The van der Waals surface area contributed by atoms with Gasteiger partial charge in [0, 0.05) is 12.6 Å². The lowest BCUT2D eigenvalue weighted by molar-refractivity contribution is -0.123. The van der Waals surface area contributed by atoms with E-state index in [1.165, 1.54) is 0 Å². The van der Waals surface area contributed by atoms with E-state index in [1.807, 2.05) is 37.3 Å². The lowest BCUT2D eigenvalue weighted by atomic mass is 9.99. The van der Waals surface area contributed by atoms with Crippen LogP contribution >= 0.6 is 0 Å². The Balaban J connectivity index is 1.91. The molecule has 0 bridgehead atoms. The maximum absolute atomic E-state index is 12.1. The quantitative estimate of drug-likeness (QED) is 0.832. The standard InChI is InChI=1S/C14H20N2O/c1-11(12-6-3-2-4-7-12)14(17)16-13-8-5-9-15-10-13/h2-4,6-7,11,13,15H,5,8-10H2,1H3,(H,16,17)/t11?,13-/m1/s1. The normalized spacial score (nSPS) is 21.8. The molecule has 1 fully saturated rings. The molecule has 1 aliphatic rings. The summed E-state index contributed by atoms with van der Waals surface area (Å²) >= 11 is 0. The minimum Gasteiger partial charge on any atom is -0.352 e. The molecule has 92 valence electrons. The maximum atomic E-state index is 12.1. The molecule has 2 rings (SSSR count). The number of hydrogen-bond donors (Lipinski definition) is 2. The first kappa shape index (κ1) is 12.1. The molecular formula is C14H20N2O. The van der Waals surface area contributed by atoms with Crippen LogP contribution in [0.15, 0.2) is 30.3 Å². The minimum atomic E-state index is -0.0712. The second kappa shape index (κ2) is 5.82. The Kier molecular flexibility index (Phi) is 4.15. The van der Waals surface area contributed by atoms with Crippen LogP contribution in [-0.2, 0) is 4.79 Å². The van der Waals surface area contributed by atoms with Crippen LogP contribution in [-0.4, -0.2) is 25.0 Å². The van der Waals surface area contributed by atoms with Crippen LogP contribution < -0.4 is 10.6 Å². The van der Waals surface area contributed by atoms with Gasteiger partial charge in [-0.05, 0) is 31.9 Å². The van der Waals surface area contributed by atoms with Crippen LogP contribution in [0.5, 0.6) is 0 Å². The third-order valence-corrected chi connectivity index (χ3v) is 3.34. The van der Waals surface area contributed by atoms with Crippen molar-refractivity contribution in [3.8, 4) is 0 Å². The average molecular weight is 232 g/mol. The molecule has 1 aromatic rings. The molecule has 0 saturated carbocycles. The molecule has 1 saturated heterocycles. The first-order valence-electron chi connectivity index (χ1n) is 6.33. The summed E-state index contributed by atoms with van der Waals surface area (Å²) in [5.74, 6) is 0.0584. The zero-order valence-corrected chi connectivity index (χ0v) is 10.3. The molecule has 17 heavy (non-hydrogen) atoms. The molecule has 3 nitrogen and oxygen atoms in total. The SMILES string of the molecule is CC(C(=O)N[C@@H]1CCCNC1)c1ccccc1. The smallest absolute Gasteiger partial charge is 0.227 e. The van der Waals surface area contributed by atoms with Gasteiger partial charge in [0.2, 0.25) is 5.91 Å². The minimum absolute atomic E-state index is 0.0712. The van der Waals surface area contributed by atoms with Gasteiger partial charge < -0.3 is 10.6 Å². The molecule has 1 heterocycles. The first-order valence-corrected chi connectivity index (χ1v) is 6.33. The largest absolute Gasteiger partial charge is 0.352 e. The summed E-state index contributed by atoms with van der Waals surface area (Å²) in [5, 5.41) is 6.42. The van der Waals surface area contributed by atoms with Crippen molar-refractivity contribution in [3.05, 3.63) is 35.9 Å². The zero-order valence-electron chi connectivity index (χ0n) is 10.3. The van der Waals surface area contributed by atoms with E-state index in [-0.39, 0.29) is 11.8 Å². The van der Waals surface area contributed by atoms with E-state index in [4.69, 9.17) is 0 Å². The number of carbonyl (C=O) groups is 1. The number of piperidine rings is 1. The van der Waals surface area contributed by atoms with Gasteiger partial charge >= 0.3 is 0 Å². The van der Waals surface area contributed by atoms with E-state index >= 15 is 0 Å². The van der Waals surface area contributed by atoms with Crippen LogP contribution in [0.25, 0.3) is 0 Å². The van der Waals surface area contributed by atoms with Gasteiger partial charge in [-0.2, -0.15) is 0 Å². The van der Waals surface area contributed by atoms with E-state index in [2.05, 4.69) is 10.6 Å². The molecule has 3 heteroatoms. The lowest BCUT2D eigenvalue weighted by Crippen LogP contribution is -2.46. The van der Waals surface area contributed by atoms with E-state index in [9.17, 15) is 4.79 Å². The zero-order chi connectivity index (χ0) is 12.1. The number of rotatable bonds is 3. The fraction of sp³-hybridized carbons (Fsp3) is 0.500. The van der Waals surface area contributed by atoms with Gasteiger partial charge in [0.1, 0.15) is 0 Å². The van der Waals surface area contributed by atoms with Crippen LogP contribution in [0.2, 0.25) is 0 Å². The van der Waals surface area contributed by atoms with Crippen molar-refractivity contribution < 1.29 is 4.79 Å². The summed E-state index contributed by atoms with van der Waals surface area (Å²) in [7, 11) is 0. The van der Waals surface area contributed by atoms with Crippen molar-refractivity contribution >= 4 is 5.91 Å². The molecule has 1 amide bonds. The van der Waals surface area contributed by atoms with E-state index < -0.39 is 0 Å². The van der Waals surface area contributed by atoms with Crippen LogP contribution in [0.1, 0.15) is 31.2 Å². The van der Waals surface area contributed by atoms with Crippen molar-refractivity contribution in [3.63, 3.8) is 0 Å². The summed E-state index contributed by atoms with van der Waals surface area (Å²) in [6.45, 7) is 3.93. The molecule has 1 unspecified atom stereocenters. The number of nitrogens with one attached hydrogen (secondary N) is 2. The molecule has 0 radical (unpaired) electrons. The Morgan fingerprint density at radius 1 is 1.41 bits per heavy atom. The molecule has 0 spiro atoms. The highest BCUT2D eigenvalue weighted by molar-refractivity contribution is 5.83. The number of benzene rings is 1. The van der Waals surface area contributed by atoms with Crippen molar-refractivity contribution in [2.75, 3.05) is 13.1 Å². The number of carbonyl (C=O) groups excluding carboxylic acids is 1. The molecule has 0 aliphatic carbocycles. The Bertz CT molecular complexity index is 358. The third-order valence-electron chi connectivity index (χ3n) is 3.34.